The van der Waals surface area contributed by atoms with Crippen LogP contribution in [0.5, 0.6) is 0 Å². The van der Waals surface area contributed by atoms with E-state index >= 15 is 0 Å². The maximum Gasteiger partial charge on any atom is 0.332 e. The van der Waals surface area contributed by atoms with Crippen LogP contribution in [0, 0.1) is 10.1 Å². The molecule has 0 spiro atoms. The predicted octanol–water partition coefficient (Wildman–Crippen LogP) is 2.98. The normalized spacial score (nSPS) is 11.0. The van der Waals surface area contributed by atoms with Crippen LogP contribution in [0.2, 0.25) is 0 Å². The molecule has 0 heterocycles. The highest BCUT2D eigenvalue weighted by atomic mass is 32.3. The zero-order valence-corrected chi connectivity index (χ0v) is 13.6. The number of thioether (sulfide) groups is 1. The number of nitrogens with one attached hydrogen (secondary N) is 1. The molecule has 126 valence electrons. The number of amides is 1. The molecule has 7 nitrogen and oxygen atoms in total. The summed E-state index contributed by atoms with van der Waals surface area (Å²) in [7, 11) is -4.77. The number of nitro benzene ring substituents is 1. The maximum absolute atomic E-state index is 12.7. The SMILES string of the molecule is O=C(CSc1ccc([N+](=O)[O-])cc1)Nc1ccc(S(=O)(=O)F)cc1. The first-order valence-electron chi connectivity index (χ1n) is 6.47. The molecule has 0 aliphatic carbocycles. The molecule has 0 atom stereocenters. The molecule has 1 N–H and O–H groups in total. The van der Waals surface area contributed by atoms with Gasteiger partial charge in [0.2, 0.25) is 5.91 Å². The average molecular weight is 370 g/mol. The van der Waals surface area contributed by atoms with Gasteiger partial charge in [0.15, 0.2) is 0 Å². The molecule has 0 aromatic heterocycles. The average Bonchev–Trinajstić information content (AvgIpc) is 2.53. The number of non-ortho nitro benzene ring substituents is 1. The lowest BCUT2D eigenvalue weighted by molar-refractivity contribution is -0.384. The Kier molecular flexibility index (Phi) is 5.52. The van der Waals surface area contributed by atoms with Crippen molar-refractivity contribution in [3.05, 3.63) is 58.6 Å². The second-order valence-corrected chi connectivity index (χ2v) is 6.95. The van der Waals surface area contributed by atoms with Gasteiger partial charge in [-0.25, -0.2) is 0 Å². The molecule has 0 bridgehead atoms. The summed E-state index contributed by atoms with van der Waals surface area (Å²) < 4.78 is 34.1. The van der Waals surface area contributed by atoms with Crippen LogP contribution in [-0.4, -0.2) is 25.0 Å². The standard InChI is InChI=1S/C14H11FN2O5S2/c15-24(21,22)13-7-1-10(2-8-13)16-14(18)9-23-12-5-3-11(4-6-12)17(19)20/h1-8H,9H2,(H,16,18). The molecule has 24 heavy (non-hydrogen) atoms. The topological polar surface area (TPSA) is 106 Å². The van der Waals surface area contributed by atoms with Crippen molar-refractivity contribution in [2.75, 3.05) is 11.1 Å². The molecule has 2 aromatic carbocycles. The molecule has 1 amide bonds. The summed E-state index contributed by atoms with van der Waals surface area (Å²) in [5.41, 5.74) is 0.295. The Morgan fingerprint density at radius 2 is 1.71 bits per heavy atom. The van der Waals surface area contributed by atoms with Gasteiger partial charge in [0.25, 0.3) is 5.69 Å². The van der Waals surface area contributed by atoms with Gasteiger partial charge in [0, 0.05) is 22.7 Å². The van der Waals surface area contributed by atoms with E-state index in [0.29, 0.717) is 10.6 Å². The minimum atomic E-state index is -4.77. The third-order valence-electron chi connectivity index (χ3n) is 2.84. The molecule has 0 aliphatic rings. The second kappa shape index (κ2) is 7.41. The Morgan fingerprint density at radius 3 is 2.21 bits per heavy atom. The van der Waals surface area contributed by atoms with Gasteiger partial charge in [-0.2, -0.15) is 8.42 Å². The van der Waals surface area contributed by atoms with E-state index in [1.165, 1.54) is 48.2 Å². The van der Waals surface area contributed by atoms with E-state index in [-0.39, 0.29) is 17.3 Å². The zero-order chi connectivity index (χ0) is 17.7. The maximum atomic E-state index is 12.7. The second-order valence-electron chi connectivity index (χ2n) is 4.55. The van der Waals surface area contributed by atoms with Gasteiger partial charge in [-0.05, 0) is 36.4 Å². The van der Waals surface area contributed by atoms with Crippen molar-refractivity contribution >= 4 is 39.3 Å². The fraction of sp³-hybridized carbons (Fsp3) is 0.0714. The van der Waals surface area contributed by atoms with Crippen molar-refractivity contribution in [3.8, 4) is 0 Å². The first-order valence-corrected chi connectivity index (χ1v) is 8.84. The molecule has 0 saturated heterocycles. The highest BCUT2D eigenvalue weighted by Gasteiger charge is 2.12. The van der Waals surface area contributed by atoms with Gasteiger partial charge in [-0.15, -0.1) is 15.6 Å². The molecular weight excluding hydrogens is 359 g/mol. The fourth-order valence-corrected chi connectivity index (χ4v) is 2.87. The Labute approximate surface area is 141 Å². The molecular formula is C14H11FN2O5S2. The first-order chi connectivity index (χ1) is 11.3. The number of nitro groups is 1. The van der Waals surface area contributed by atoms with Crippen LogP contribution >= 0.6 is 11.8 Å². The van der Waals surface area contributed by atoms with Crippen LogP contribution in [-0.2, 0) is 15.0 Å². The van der Waals surface area contributed by atoms with Crippen LogP contribution in [0.15, 0.2) is 58.3 Å². The van der Waals surface area contributed by atoms with Crippen LogP contribution in [0.25, 0.3) is 0 Å². The summed E-state index contributed by atoms with van der Waals surface area (Å²) in [6.07, 6.45) is 0. The van der Waals surface area contributed by atoms with E-state index < -0.39 is 20.0 Å². The molecule has 0 unspecified atom stereocenters. The fourth-order valence-electron chi connectivity index (χ4n) is 1.71. The highest BCUT2D eigenvalue weighted by Crippen LogP contribution is 2.22. The third kappa shape index (κ3) is 5.03. The molecule has 2 rings (SSSR count). The van der Waals surface area contributed by atoms with Crippen LogP contribution < -0.4 is 5.32 Å². The Balaban J connectivity index is 1.90. The summed E-state index contributed by atoms with van der Waals surface area (Å²) in [5.74, 6) is -0.296. The number of carbonyl (C=O) groups excluding carboxylic acids is 1. The molecule has 0 radical (unpaired) electrons. The number of carbonyl (C=O) groups is 1. The lowest BCUT2D eigenvalue weighted by Crippen LogP contribution is -2.13. The number of halogens is 1. The van der Waals surface area contributed by atoms with E-state index in [1.54, 1.807) is 0 Å². The smallest absolute Gasteiger partial charge is 0.325 e. The summed E-state index contributed by atoms with van der Waals surface area (Å²) in [6.45, 7) is 0. The summed E-state index contributed by atoms with van der Waals surface area (Å²) in [4.78, 5) is 22.0. The minimum Gasteiger partial charge on any atom is -0.325 e. The van der Waals surface area contributed by atoms with E-state index in [4.69, 9.17) is 0 Å². The number of nitrogens with zero attached hydrogens (tertiary/aromatic N) is 1. The van der Waals surface area contributed by atoms with Gasteiger partial charge in [0.1, 0.15) is 0 Å². The van der Waals surface area contributed by atoms with Gasteiger partial charge in [-0.1, -0.05) is 0 Å². The third-order valence-corrected chi connectivity index (χ3v) is 4.68. The van der Waals surface area contributed by atoms with E-state index in [9.17, 15) is 27.2 Å². The summed E-state index contributed by atoms with van der Waals surface area (Å²) >= 11 is 1.19. The van der Waals surface area contributed by atoms with Crippen molar-refractivity contribution in [1.82, 2.24) is 0 Å². The van der Waals surface area contributed by atoms with Crippen molar-refractivity contribution in [3.63, 3.8) is 0 Å². The van der Waals surface area contributed by atoms with Gasteiger partial charge < -0.3 is 5.32 Å². The van der Waals surface area contributed by atoms with Crippen molar-refractivity contribution < 1.29 is 22.0 Å². The minimum absolute atomic E-state index is 0.0355. The summed E-state index contributed by atoms with van der Waals surface area (Å²) in [6, 6.07) is 10.4. The van der Waals surface area contributed by atoms with Crippen LogP contribution in [0.1, 0.15) is 0 Å². The van der Waals surface area contributed by atoms with Gasteiger partial charge in [0.05, 0.1) is 15.6 Å². The Hall–Kier alpha value is -2.46. The monoisotopic (exact) mass is 370 g/mol. The largest absolute Gasteiger partial charge is 0.332 e. The van der Waals surface area contributed by atoms with E-state index in [0.717, 1.165) is 12.1 Å². The molecule has 0 aliphatic heterocycles. The number of anilines is 1. The number of benzene rings is 2. The number of rotatable bonds is 6. The molecule has 2 aromatic rings. The van der Waals surface area contributed by atoms with E-state index in [2.05, 4.69) is 5.32 Å². The van der Waals surface area contributed by atoms with Crippen LogP contribution in [0.4, 0.5) is 15.3 Å². The van der Waals surface area contributed by atoms with Crippen molar-refractivity contribution in [2.24, 2.45) is 0 Å². The van der Waals surface area contributed by atoms with Crippen molar-refractivity contribution in [1.29, 1.82) is 0 Å². The number of hydrogen-bond acceptors (Lipinski definition) is 6. The van der Waals surface area contributed by atoms with E-state index in [1.807, 2.05) is 0 Å². The highest BCUT2D eigenvalue weighted by molar-refractivity contribution is 8.00. The van der Waals surface area contributed by atoms with Gasteiger partial charge >= 0.3 is 10.2 Å². The quantitative estimate of drug-likeness (QED) is 0.363. The van der Waals surface area contributed by atoms with Crippen molar-refractivity contribution in [2.45, 2.75) is 9.79 Å². The first kappa shape index (κ1) is 17.9. The predicted molar refractivity (Wildman–Crippen MR) is 87.2 cm³/mol. The molecule has 0 saturated carbocycles. The zero-order valence-electron chi connectivity index (χ0n) is 12.0. The Morgan fingerprint density at radius 1 is 1.12 bits per heavy atom. The lowest BCUT2D eigenvalue weighted by atomic mass is 10.3. The lowest BCUT2D eigenvalue weighted by Gasteiger charge is -2.05. The molecule has 0 fully saturated rings. The number of hydrogen-bond donors (Lipinski definition) is 1. The van der Waals surface area contributed by atoms with Gasteiger partial charge in [-0.3, -0.25) is 14.9 Å². The summed E-state index contributed by atoms with van der Waals surface area (Å²) in [5, 5.41) is 13.1. The Bertz CT molecular complexity index is 852. The van der Waals surface area contributed by atoms with Crippen LogP contribution in [0.3, 0.4) is 0 Å². The molecule has 10 heteroatoms.